The maximum Gasteiger partial charge on any atom is 0.324 e. The molecule has 1 aliphatic rings. The van der Waals surface area contributed by atoms with E-state index >= 15 is 0 Å². The third kappa shape index (κ3) is 4.09. The number of nitrogens with one attached hydrogen (secondary N) is 2. The fourth-order valence-electron chi connectivity index (χ4n) is 4.04. The van der Waals surface area contributed by atoms with Gasteiger partial charge in [0.05, 0.1) is 16.6 Å². The number of piperazine rings is 1. The van der Waals surface area contributed by atoms with E-state index in [1.54, 1.807) is 11.9 Å². The number of ketones is 1. The van der Waals surface area contributed by atoms with E-state index < -0.39 is 23.4 Å². The number of urea groups is 1. The predicted octanol–water partition coefficient (Wildman–Crippen LogP) is 2.25. The van der Waals surface area contributed by atoms with Crippen LogP contribution in [0.4, 0.5) is 14.9 Å². The number of nitrogens with zero attached hydrogens (tertiary/aromatic N) is 3. The molecule has 0 atom stereocenters. The molecule has 1 fully saturated rings. The normalized spacial score (nSPS) is 13.6. The summed E-state index contributed by atoms with van der Waals surface area (Å²) in [5, 5.41) is 2.36. The number of carbonyl (C=O) groups is 4. The van der Waals surface area contributed by atoms with Crippen LogP contribution in [0.5, 0.6) is 0 Å². The van der Waals surface area contributed by atoms with Gasteiger partial charge in [-0.05, 0) is 24.3 Å². The van der Waals surface area contributed by atoms with Crippen LogP contribution >= 0.6 is 0 Å². The van der Waals surface area contributed by atoms with Crippen molar-refractivity contribution in [1.29, 1.82) is 0 Å². The highest BCUT2D eigenvalue weighted by Crippen LogP contribution is 2.26. The minimum atomic E-state index is -0.875. The van der Waals surface area contributed by atoms with Crippen LogP contribution in [0.1, 0.15) is 20.7 Å². The summed E-state index contributed by atoms with van der Waals surface area (Å²) in [6.07, 6.45) is 1.25. The molecule has 9 nitrogen and oxygen atoms in total. The lowest BCUT2D eigenvalue weighted by Gasteiger charge is -2.36. The largest absolute Gasteiger partial charge is 0.360 e. The summed E-state index contributed by atoms with van der Waals surface area (Å²) < 4.78 is 14.6. The van der Waals surface area contributed by atoms with Gasteiger partial charge in [0.1, 0.15) is 5.82 Å². The van der Waals surface area contributed by atoms with Crippen LogP contribution in [0.15, 0.2) is 48.7 Å². The van der Waals surface area contributed by atoms with Gasteiger partial charge in [0.2, 0.25) is 0 Å². The summed E-state index contributed by atoms with van der Waals surface area (Å²) >= 11 is 0. The van der Waals surface area contributed by atoms with E-state index in [0.29, 0.717) is 0 Å². The highest BCUT2D eigenvalue weighted by atomic mass is 19.1. The molecule has 0 aliphatic carbocycles. The quantitative estimate of drug-likeness (QED) is 0.455. The van der Waals surface area contributed by atoms with Gasteiger partial charge in [-0.1, -0.05) is 18.2 Å². The van der Waals surface area contributed by atoms with Gasteiger partial charge in [-0.15, -0.1) is 0 Å². The molecule has 1 saturated heterocycles. The summed E-state index contributed by atoms with van der Waals surface area (Å²) in [5.41, 5.74) is 0.930. The summed E-state index contributed by atoms with van der Waals surface area (Å²) in [6.45, 7) is 0.872. The maximum absolute atomic E-state index is 14.6. The minimum Gasteiger partial charge on any atom is -0.360 e. The molecule has 4 amide bonds. The Balaban J connectivity index is 1.47. The van der Waals surface area contributed by atoms with Crippen molar-refractivity contribution < 1.29 is 23.6 Å². The van der Waals surface area contributed by atoms with Crippen LogP contribution in [0.25, 0.3) is 10.9 Å². The molecule has 2 N–H and O–H groups in total. The number of halogens is 1. The average Bonchev–Trinajstić information content (AvgIpc) is 3.33. The molecule has 0 unspecified atom stereocenters. The Hall–Kier alpha value is -4.21. The van der Waals surface area contributed by atoms with Gasteiger partial charge in [-0.25, -0.2) is 9.18 Å². The zero-order valence-corrected chi connectivity index (χ0v) is 18.8. The third-order valence-corrected chi connectivity index (χ3v) is 5.96. The topological polar surface area (TPSA) is 106 Å². The molecular weight excluding hydrogens is 441 g/mol. The molecule has 0 radical (unpaired) electrons. The molecule has 176 valence electrons. The van der Waals surface area contributed by atoms with Gasteiger partial charge in [0.15, 0.2) is 0 Å². The standard InChI is InChI=1S/C24H24FN5O4/c1-26-22(32)16-8-9-18(25)19-17(14-27-20(16)19)21(31)23(33)29-10-12-30(13-11-29)24(34)28(2)15-6-4-3-5-7-15/h3-9,14,27H,10-13H2,1-2H3,(H,26,32). The van der Waals surface area contributed by atoms with E-state index in [2.05, 4.69) is 10.3 Å². The van der Waals surface area contributed by atoms with Crippen molar-refractivity contribution >= 4 is 40.2 Å². The Morgan fingerprint density at radius 1 is 0.941 bits per heavy atom. The van der Waals surface area contributed by atoms with Crippen LogP contribution in [0.3, 0.4) is 0 Å². The first kappa shape index (κ1) is 23.0. The average molecular weight is 465 g/mol. The second kappa shape index (κ2) is 9.34. The number of para-hydroxylation sites is 1. The summed E-state index contributed by atoms with van der Waals surface area (Å²) in [7, 11) is 3.12. The predicted molar refractivity (Wildman–Crippen MR) is 124 cm³/mol. The van der Waals surface area contributed by atoms with Gasteiger partial charge in [-0.3, -0.25) is 19.3 Å². The van der Waals surface area contributed by atoms with Gasteiger partial charge in [0.25, 0.3) is 17.6 Å². The lowest BCUT2D eigenvalue weighted by molar-refractivity contribution is -0.127. The Kier molecular flexibility index (Phi) is 6.31. The van der Waals surface area contributed by atoms with Gasteiger partial charge in [-0.2, -0.15) is 0 Å². The van der Waals surface area contributed by atoms with Crippen LogP contribution in [-0.2, 0) is 4.79 Å². The molecule has 0 saturated carbocycles. The number of rotatable bonds is 4. The highest BCUT2D eigenvalue weighted by Gasteiger charge is 2.32. The number of aromatic amines is 1. The Labute approximate surface area is 195 Å². The van der Waals surface area contributed by atoms with E-state index in [-0.39, 0.29) is 54.2 Å². The number of H-pyrrole nitrogens is 1. The summed E-state index contributed by atoms with van der Waals surface area (Å²) in [4.78, 5) is 58.0. The molecule has 34 heavy (non-hydrogen) atoms. The summed E-state index contributed by atoms with van der Waals surface area (Å²) in [6, 6.07) is 11.4. The number of aromatic nitrogens is 1. The van der Waals surface area contributed by atoms with Crippen molar-refractivity contribution in [2.45, 2.75) is 0 Å². The molecule has 0 spiro atoms. The minimum absolute atomic E-state index is 0.0993. The van der Waals surface area contributed by atoms with Crippen molar-refractivity contribution in [3.63, 3.8) is 0 Å². The number of Topliss-reactive ketones (excluding diaryl/α,β-unsaturated/α-hetero) is 1. The van der Waals surface area contributed by atoms with E-state index in [0.717, 1.165) is 11.8 Å². The first-order chi connectivity index (χ1) is 16.3. The lowest BCUT2D eigenvalue weighted by Crippen LogP contribution is -2.54. The second-order valence-corrected chi connectivity index (χ2v) is 7.91. The molecule has 0 bridgehead atoms. The molecule has 1 aliphatic heterocycles. The van der Waals surface area contributed by atoms with E-state index in [4.69, 9.17) is 0 Å². The number of fused-ring (bicyclic) bond motifs is 1. The second-order valence-electron chi connectivity index (χ2n) is 7.91. The highest BCUT2D eigenvalue weighted by molar-refractivity contribution is 6.45. The number of benzene rings is 2. The smallest absolute Gasteiger partial charge is 0.324 e. The lowest BCUT2D eigenvalue weighted by atomic mass is 10.0. The van der Waals surface area contributed by atoms with Crippen molar-refractivity contribution in [3.05, 3.63) is 65.6 Å². The Morgan fingerprint density at radius 3 is 2.24 bits per heavy atom. The van der Waals surface area contributed by atoms with Crippen molar-refractivity contribution in [2.75, 3.05) is 45.2 Å². The number of anilines is 1. The van der Waals surface area contributed by atoms with Gasteiger partial charge >= 0.3 is 6.03 Å². The Morgan fingerprint density at radius 2 is 1.59 bits per heavy atom. The number of hydrogen-bond donors (Lipinski definition) is 2. The Bertz CT molecular complexity index is 1270. The first-order valence-electron chi connectivity index (χ1n) is 10.8. The zero-order chi connectivity index (χ0) is 24.4. The van der Waals surface area contributed by atoms with E-state index in [1.807, 2.05) is 30.3 Å². The fraction of sp³-hybridized carbons (Fsp3) is 0.250. The van der Waals surface area contributed by atoms with Crippen molar-refractivity contribution in [1.82, 2.24) is 20.1 Å². The number of carbonyl (C=O) groups excluding carboxylic acids is 4. The first-order valence-corrected chi connectivity index (χ1v) is 10.8. The van der Waals surface area contributed by atoms with Crippen molar-refractivity contribution in [2.24, 2.45) is 0 Å². The van der Waals surface area contributed by atoms with Crippen LogP contribution in [0.2, 0.25) is 0 Å². The molecule has 4 rings (SSSR count). The molecule has 2 aromatic carbocycles. The third-order valence-electron chi connectivity index (χ3n) is 5.96. The van der Waals surface area contributed by atoms with E-state index in [9.17, 15) is 23.6 Å². The SMILES string of the molecule is CNC(=O)c1ccc(F)c2c(C(=O)C(=O)N3CCN(C(=O)N(C)c4ccccc4)CC3)c[nH]c12. The summed E-state index contributed by atoms with van der Waals surface area (Å²) in [5.74, 6) is -2.81. The van der Waals surface area contributed by atoms with Crippen LogP contribution < -0.4 is 10.2 Å². The monoisotopic (exact) mass is 465 g/mol. The molecule has 2 heterocycles. The molecular formula is C24H24FN5O4. The number of hydrogen-bond acceptors (Lipinski definition) is 4. The van der Waals surface area contributed by atoms with Gasteiger partial charge in [0, 0.05) is 57.5 Å². The molecule has 1 aromatic heterocycles. The molecule has 3 aromatic rings. The zero-order valence-electron chi connectivity index (χ0n) is 18.8. The van der Waals surface area contributed by atoms with E-state index in [1.165, 1.54) is 29.1 Å². The maximum atomic E-state index is 14.6. The van der Waals surface area contributed by atoms with Crippen LogP contribution in [0, 0.1) is 5.82 Å². The number of amides is 4. The van der Waals surface area contributed by atoms with Crippen LogP contribution in [-0.4, -0.2) is 78.7 Å². The molecule has 10 heteroatoms. The fourth-order valence-corrected chi connectivity index (χ4v) is 4.04. The van der Waals surface area contributed by atoms with Gasteiger partial charge < -0.3 is 20.1 Å². The van der Waals surface area contributed by atoms with Crippen molar-refractivity contribution in [3.8, 4) is 0 Å².